The number of fused-ring (bicyclic) bond motifs is 1. The van der Waals surface area contributed by atoms with Gasteiger partial charge in [0.2, 0.25) is 11.8 Å². The molecular formula is C30H35N5O3. The molecule has 0 bridgehead atoms. The van der Waals surface area contributed by atoms with Crippen LogP contribution in [-0.2, 0) is 22.6 Å². The number of hydrogen-bond donors (Lipinski definition) is 1. The molecule has 38 heavy (non-hydrogen) atoms. The second-order valence-electron chi connectivity index (χ2n) is 10.4. The zero-order valence-electron chi connectivity index (χ0n) is 22.6. The summed E-state index contributed by atoms with van der Waals surface area (Å²) in [5.41, 5.74) is 3.92. The predicted molar refractivity (Wildman–Crippen MR) is 148 cm³/mol. The van der Waals surface area contributed by atoms with E-state index in [4.69, 9.17) is 4.74 Å². The van der Waals surface area contributed by atoms with Gasteiger partial charge < -0.3 is 15.0 Å². The number of amides is 2. The van der Waals surface area contributed by atoms with Gasteiger partial charge in [-0.15, -0.1) is 5.10 Å². The molecule has 4 rings (SSSR count). The Hall–Kier alpha value is -4.20. The lowest BCUT2D eigenvalue weighted by molar-refractivity contribution is -0.142. The van der Waals surface area contributed by atoms with Crippen LogP contribution in [0.3, 0.4) is 0 Å². The van der Waals surface area contributed by atoms with E-state index in [2.05, 4.69) is 34.7 Å². The number of para-hydroxylation sites is 1. The van der Waals surface area contributed by atoms with Gasteiger partial charge in [-0.3, -0.25) is 9.59 Å². The van der Waals surface area contributed by atoms with E-state index in [1.807, 2.05) is 81.4 Å². The van der Waals surface area contributed by atoms with Crippen LogP contribution < -0.4 is 10.1 Å². The first-order valence-corrected chi connectivity index (χ1v) is 12.7. The molecule has 1 atom stereocenters. The summed E-state index contributed by atoms with van der Waals surface area (Å²) in [6.07, 6.45) is 0.597. The number of benzene rings is 3. The minimum atomic E-state index is -0.865. The number of aromatic nitrogens is 3. The van der Waals surface area contributed by atoms with E-state index in [0.717, 1.165) is 16.6 Å². The molecule has 8 nitrogen and oxygen atoms in total. The average Bonchev–Trinajstić information content (AvgIpc) is 3.29. The Labute approximate surface area is 223 Å². The Morgan fingerprint density at radius 1 is 1.03 bits per heavy atom. The summed E-state index contributed by atoms with van der Waals surface area (Å²) < 4.78 is 7.03. The van der Waals surface area contributed by atoms with Gasteiger partial charge in [0.25, 0.3) is 0 Å². The predicted octanol–water partition coefficient (Wildman–Crippen LogP) is 4.48. The highest BCUT2D eigenvalue weighted by Gasteiger charge is 2.33. The highest BCUT2D eigenvalue weighted by molar-refractivity contribution is 5.89. The molecule has 1 aromatic heterocycles. The zero-order valence-corrected chi connectivity index (χ0v) is 22.6. The van der Waals surface area contributed by atoms with E-state index in [9.17, 15) is 9.59 Å². The number of carbonyl (C=O) groups is 2. The number of carbonyl (C=O) groups excluding carboxylic acids is 2. The lowest BCUT2D eigenvalue weighted by atomic mass is 9.99. The summed E-state index contributed by atoms with van der Waals surface area (Å²) in [5, 5.41) is 11.5. The first-order chi connectivity index (χ1) is 18.2. The molecule has 2 amide bonds. The van der Waals surface area contributed by atoms with Crippen LogP contribution in [0.15, 0.2) is 72.8 Å². The zero-order chi connectivity index (χ0) is 27.3. The van der Waals surface area contributed by atoms with E-state index in [1.54, 1.807) is 16.7 Å². The molecule has 1 heterocycles. The van der Waals surface area contributed by atoms with Crippen molar-refractivity contribution >= 4 is 22.8 Å². The topological polar surface area (TPSA) is 89.4 Å². The smallest absolute Gasteiger partial charge is 0.247 e. The quantitative estimate of drug-likeness (QED) is 0.357. The maximum absolute atomic E-state index is 14.0. The second-order valence-corrected chi connectivity index (χ2v) is 10.4. The van der Waals surface area contributed by atoms with Crippen LogP contribution in [0.1, 0.15) is 43.5 Å². The molecule has 0 saturated carbocycles. The Morgan fingerprint density at radius 2 is 1.76 bits per heavy atom. The number of methoxy groups -OCH3 is 1. The maximum atomic E-state index is 14.0. The molecule has 0 spiro atoms. The van der Waals surface area contributed by atoms with Gasteiger partial charge >= 0.3 is 0 Å². The maximum Gasteiger partial charge on any atom is 0.247 e. The average molecular weight is 514 g/mol. The monoisotopic (exact) mass is 513 g/mol. The molecule has 4 aromatic rings. The number of nitrogens with zero attached hydrogens (tertiary/aromatic N) is 4. The molecule has 1 N–H and O–H groups in total. The summed E-state index contributed by atoms with van der Waals surface area (Å²) in [4.78, 5) is 29.5. The van der Waals surface area contributed by atoms with Crippen LogP contribution in [0, 0.1) is 6.92 Å². The van der Waals surface area contributed by atoms with Gasteiger partial charge in [-0.1, -0.05) is 53.7 Å². The van der Waals surface area contributed by atoms with Crippen molar-refractivity contribution in [2.45, 2.75) is 52.2 Å². The van der Waals surface area contributed by atoms with Crippen LogP contribution >= 0.6 is 0 Å². The van der Waals surface area contributed by atoms with Crippen molar-refractivity contribution in [3.63, 3.8) is 0 Å². The Balaban J connectivity index is 1.75. The molecule has 0 radical (unpaired) electrons. The molecular weight excluding hydrogens is 478 g/mol. The third-order valence-electron chi connectivity index (χ3n) is 6.38. The number of nitrogens with one attached hydrogen (secondary N) is 1. The molecule has 198 valence electrons. The van der Waals surface area contributed by atoms with Gasteiger partial charge in [-0.25, -0.2) is 4.68 Å². The van der Waals surface area contributed by atoms with Gasteiger partial charge in [-0.2, -0.15) is 0 Å². The van der Waals surface area contributed by atoms with Crippen molar-refractivity contribution in [2.75, 3.05) is 13.7 Å². The van der Waals surface area contributed by atoms with Crippen LogP contribution in [0.4, 0.5) is 0 Å². The van der Waals surface area contributed by atoms with Crippen molar-refractivity contribution in [3.8, 4) is 5.75 Å². The molecule has 0 saturated heterocycles. The number of aryl methyl sites for hydroxylation is 1. The molecule has 1 unspecified atom stereocenters. The Morgan fingerprint density at radius 3 is 2.50 bits per heavy atom. The van der Waals surface area contributed by atoms with Gasteiger partial charge in [0.05, 0.1) is 12.6 Å². The first-order valence-electron chi connectivity index (χ1n) is 12.7. The fourth-order valence-corrected chi connectivity index (χ4v) is 4.50. The number of hydrogen-bond acceptors (Lipinski definition) is 5. The summed E-state index contributed by atoms with van der Waals surface area (Å²) in [7, 11) is 1.58. The van der Waals surface area contributed by atoms with E-state index in [0.29, 0.717) is 29.8 Å². The molecule has 0 fully saturated rings. The minimum absolute atomic E-state index is 0.0441. The van der Waals surface area contributed by atoms with E-state index >= 15 is 0 Å². The van der Waals surface area contributed by atoms with Crippen LogP contribution in [0.25, 0.3) is 11.0 Å². The Bertz CT molecular complexity index is 1420. The molecule has 3 aromatic carbocycles. The summed E-state index contributed by atoms with van der Waals surface area (Å²) in [6, 6.07) is 22.1. The lowest BCUT2D eigenvalue weighted by Crippen LogP contribution is -2.50. The third-order valence-corrected chi connectivity index (χ3v) is 6.38. The van der Waals surface area contributed by atoms with Crippen LogP contribution in [-0.4, -0.2) is 50.9 Å². The standard InChI is InChI=1S/C30H35N5O3/c1-21-11-6-7-12-22(21)17-18-34(27(36)20-35-26-16-9-8-15-25(26)32-33-35)28(29(37)31-30(2,3)4)23-13-10-14-24(19-23)38-5/h6-16,19,28H,17-18,20H2,1-5H3,(H,31,37). The lowest BCUT2D eigenvalue weighted by Gasteiger charge is -2.34. The second kappa shape index (κ2) is 11.5. The van der Waals surface area contributed by atoms with Crippen molar-refractivity contribution < 1.29 is 14.3 Å². The van der Waals surface area contributed by atoms with Gasteiger partial charge in [0.15, 0.2) is 0 Å². The molecule has 8 heteroatoms. The highest BCUT2D eigenvalue weighted by atomic mass is 16.5. The fourth-order valence-electron chi connectivity index (χ4n) is 4.50. The molecule has 0 aliphatic carbocycles. The van der Waals surface area contributed by atoms with Gasteiger partial charge in [0, 0.05) is 12.1 Å². The largest absolute Gasteiger partial charge is 0.497 e. The minimum Gasteiger partial charge on any atom is -0.497 e. The van der Waals surface area contributed by atoms with E-state index in [-0.39, 0.29) is 18.4 Å². The van der Waals surface area contributed by atoms with Crippen LogP contribution in [0.2, 0.25) is 0 Å². The van der Waals surface area contributed by atoms with E-state index in [1.165, 1.54) is 0 Å². The third kappa shape index (κ3) is 6.37. The number of rotatable bonds is 9. The highest BCUT2D eigenvalue weighted by Crippen LogP contribution is 2.27. The summed E-state index contributed by atoms with van der Waals surface area (Å²) >= 11 is 0. The normalized spacial score (nSPS) is 12.2. The van der Waals surface area contributed by atoms with Gasteiger partial charge in [0.1, 0.15) is 23.9 Å². The summed E-state index contributed by atoms with van der Waals surface area (Å²) in [6.45, 7) is 8.12. The Kier molecular flexibility index (Phi) is 8.10. The molecule has 0 aliphatic rings. The molecule has 0 aliphatic heterocycles. The van der Waals surface area contributed by atoms with Crippen molar-refractivity contribution in [1.29, 1.82) is 0 Å². The van der Waals surface area contributed by atoms with Gasteiger partial charge in [-0.05, 0) is 75.1 Å². The fraction of sp³-hybridized carbons (Fsp3) is 0.333. The van der Waals surface area contributed by atoms with Crippen molar-refractivity contribution in [1.82, 2.24) is 25.2 Å². The first kappa shape index (κ1) is 26.9. The van der Waals surface area contributed by atoms with Crippen molar-refractivity contribution in [3.05, 3.63) is 89.5 Å². The number of ether oxygens (including phenoxy) is 1. The van der Waals surface area contributed by atoms with Crippen LogP contribution in [0.5, 0.6) is 5.75 Å². The van der Waals surface area contributed by atoms with E-state index < -0.39 is 11.6 Å². The SMILES string of the molecule is COc1cccc(C(C(=O)NC(C)(C)C)N(CCc2ccccc2C)C(=O)Cn2nnc3ccccc32)c1. The summed E-state index contributed by atoms with van der Waals surface area (Å²) in [5.74, 6) is 0.128. The van der Waals surface area contributed by atoms with Crippen molar-refractivity contribution in [2.24, 2.45) is 0 Å².